The monoisotopic (exact) mass is 210 g/mol. The first kappa shape index (κ1) is 9.65. The Kier molecular flexibility index (Phi) is 2.54. The van der Waals surface area contributed by atoms with Crippen molar-refractivity contribution in [2.45, 2.75) is 25.8 Å². The maximum absolute atomic E-state index is 11.8. The van der Waals surface area contributed by atoms with Gasteiger partial charge in [0.05, 0.1) is 5.51 Å². The maximum atomic E-state index is 11.8. The van der Waals surface area contributed by atoms with Gasteiger partial charge < -0.3 is 4.90 Å². The van der Waals surface area contributed by atoms with E-state index in [1.54, 1.807) is 10.9 Å². The molecule has 0 aliphatic heterocycles. The van der Waals surface area contributed by atoms with E-state index in [1.807, 2.05) is 11.9 Å². The van der Waals surface area contributed by atoms with Gasteiger partial charge in [0.15, 0.2) is 0 Å². The van der Waals surface area contributed by atoms with Gasteiger partial charge in [-0.3, -0.25) is 4.79 Å². The van der Waals surface area contributed by atoms with Crippen LogP contribution in [-0.4, -0.2) is 28.9 Å². The van der Waals surface area contributed by atoms with E-state index in [-0.39, 0.29) is 5.91 Å². The van der Waals surface area contributed by atoms with Crippen LogP contribution >= 0.6 is 11.3 Å². The van der Waals surface area contributed by atoms with Crippen molar-refractivity contribution in [2.24, 2.45) is 5.92 Å². The van der Waals surface area contributed by atoms with Crippen LogP contribution in [0.5, 0.6) is 0 Å². The van der Waals surface area contributed by atoms with E-state index < -0.39 is 0 Å². The van der Waals surface area contributed by atoms with Gasteiger partial charge in [-0.15, -0.1) is 11.3 Å². The number of amides is 1. The lowest BCUT2D eigenvalue weighted by molar-refractivity contribution is 0.0722. The fraction of sp³-hybridized carbons (Fsp3) is 0.600. The molecule has 14 heavy (non-hydrogen) atoms. The van der Waals surface area contributed by atoms with E-state index in [4.69, 9.17) is 0 Å². The van der Waals surface area contributed by atoms with Crippen LogP contribution in [0.1, 0.15) is 30.3 Å². The first-order valence-electron chi connectivity index (χ1n) is 4.85. The van der Waals surface area contributed by atoms with Gasteiger partial charge in [0.1, 0.15) is 5.69 Å². The third-order valence-electron chi connectivity index (χ3n) is 2.89. The van der Waals surface area contributed by atoms with Gasteiger partial charge in [-0.2, -0.15) is 0 Å². The highest BCUT2D eigenvalue weighted by molar-refractivity contribution is 7.07. The first-order valence-corrected chi connectivity index (χ1v) is 5.80. The highest BCUT2D eigenvalue weighted by atomic mass is 32.1. The third kappa shape index (κ3) is 1.80. The minimum absolute atomic E-state index is 0.0469. The highest BCUT2D eigenvalue weighted by Gasteiger charge is 2.32. The molecule has 0 saturated heterocycles. The molecule has 1 atom stereocenters. The number of thiazole rings is 1. The molecule has 0 bridgehead atoms. The van der Waals surface area contributed by atoms with Crippen LogP contribution < -0.4 is 0 Å². The normalized spacial score (nSPS) is 17.9. The molecule has 1 amide bonds. The van der Waals surface area contributed by atoms with Crippen LogP contribution in [0.15, 0.2) is 10.9 Å². The molecule has 76 valence electrons. The molecule has 1 aliphatic carbocycles. The van der Waals surface area contributed by atoms with E-state index in [2.05, 4.69) is 11.9 Å². The fourth-order valence-corrected chi connectivity index (χ4v) is 2.10. The summed E-state index contributed by atoms with van der Waals surface area (Å²) in [5.41, 5.74) is 2.27. The topological polar surface area (TPSA) is 33.2 Å². The zero-order valence-corrected chi connectivity index (χ0v) is 9.25. The van der Waals surface area contributed by atoms with Gasteiger partial charge >= 0.3 is 0 Å². The second kappa shape index (κ2) is 3.69. The molecule has 2 rings (SSSR count). The molecule has 3 nitrogen and oxygen atoms in total. The molecule has 0 aromatic carbocycles. The Morgan fingerprint density at radius 2 is 2.43 bits per heavy atom. The molecule has 1 saturated carbocycles. The number of nitrogens with zero attached hydrogens (tertiary/aromatic N) is 2. The lowest BCUT2D eigenvalue weighted by Gasteiger charge is -2.23. The summed E-state index contributed by atoms with van der Waals surface area (Å²) in [5.74, 6) is 0.758. The largest absolute Gasteiger partial charge is 0.337 e. The molecule has 1 aromatic heterocycles. The molecule has 0 N–H and O–H groups in total. The summed E-state index contributed by atoms with van der Waals surface area (Å²) in [7, 11) is 1.87. The number of hydrogen-bond acceptors (Lipinski definition) is 3. The third-order valence-corrected chi connectivity index (χ3v) is 3.47. The van der Waals surface area contributed by atoms with Gasteiger partial charge in [0.2, 0.25) is 0 Å². The van der Waals surface area contributed by atoms with Crippen molar-refractivity contribution in [3.05, 3.63) is 16.6 Å². The Bertz CT molecular complexity index is 319. The lowest BCUT2D eigenvalue weighted by Crippen LogP contribution is -2.36. The summed E-state index contributed by atoms with van der Waals surface area (Å²) < 4.78 is 0. The van der Waals surface area contributed by atoms with Gasteiger partial charge in [0.25, 0.3) is 5.91 Å². The van der Waals surface area contributed by atoms with Gasteiger partial charge in [-0.1, -0.05) is 0 Å². The van der Waals surface area contributed by atoms with E-state index in [1.165, 1.54) is 24.2 Å². The lowest BCUT2D eigenvalue weighted by atomic mass is 10.2. The summed E-state index contributed by atoms with van der Waals surface area (Å²) in [6, 6.07) is 0.351. The first-order chi connectivity index (χ1) is 6.70. The molecular weight excluding hydrogens is 196 g/mol. The Morgan fingerprint density at radius 1 is 1.71 bits per heavy atom. The molecule has 4 heteroatoms. The second-order valence-corrected chi connectivity index (χ2v) is 4.59. The Labute approximate surface area is 87.8 Å². The molecular formula is C10H14N2OS. The molecule has 1 aliphatic rings. The van der Waals surface area contributed by atoms with E-state index >= 15 is 0 Å². The number of rotatable bonds is 3. The molecule has 1 unspecified atom stereocenters. The van der Waals surface area contributed by atoms with Crippen molar-refractivity contribution in [1.29, 1.82) is 0 Å². The molecule has 1 aromatic rings. The quantitative estimate of drug-likeness (QED) is 0.764. The summed E-state index contributed by atoms with van der Waals surface area (Å²) in [4.78, 5) is 17.7. The Balaban J connectivity index is 2.03. The number of hydrogen-bond donors (Lipinski definition) is 0. The maximum Gasteiger partial charge on any atom is 0.273 e. The van der Waals surface area contributed by atoms with Crippen LogP contribution in [0.25, 0.3) is 0 Å². The standard InChI is InChI=1S/C10H14N2OS/c1-7(8-3-4-8)12(2)10(13)9-5-14-6-11-9/h5-8H,3-4H2,1-2H3. The summed E-state index contributed by atoms with van der Waals surface area (Å²) in [5, 5.41) is 1.80. The molecule has 1 fully saturated rings. The van der Waals surface area contributed by atoms with Crippen LogP contribution in [-0.2, 0) is 0 Å². The van der Waals surface area contributed by atoms with Crippen molar-refractivity contribution >= 4 is 17.2 Å². The van der Waals surface area contributed by atoms with Crippen molar-refractivity contribution in [3.63, 3.8) is 0 Å². The number of aromatic nitrogens is 1. The Morgan fingerprint density at radius 3 is 2.93 bits per heavy atom. The highest BCUT2D eigenvalue weighted by Crippen LogP contribution is 2.34. The van der Waals surface area contributed by atoms with Gasteiger partial charge in [0, 0.05) is 18.5 Å². The van der Waals surface area contributed by atoms with Crippen LogP contribution in [0.3, 0.4) is 0 Å². The number of carbonyl (C=O) groups is 1. The van der Waals surface area contributed by atoms with E-state index in [9.17, 15) is 4.79 Å². The number of carbonyl (C=O) groups excluding carboxylic acids is 1. The minimum Gasteiger partial charge on any atom is -0.337 e. The average molecular weight is 210 g/mol. The van der Waals surface area contributed by atoms with E-state index in [0.29, 0.717) is 17.7 Å². The zero-order chi connectivity index (χ0) is 10.1. The van der Waals surface area contributed by atoms with Crippen LogP contribution in [0.2, 0.25) is 0 Å². The molecule has 0 spiro atoms. The summed E-state index contributed by atoms with van der Waals surface area (Å²) in [6.45, 7) is 2.11. The summed E-state index contributed by atoms with van der Waals surface area (Å²) in [6.07, 6.45) is 2.52. The van der Waals surface area contributed by atoms with Gasteiger partial charge in [-0.05, 0) is 25.7 Å². The predicted octanol–water partition coefficient (Wildman–Crippen LogP) is 2.01. The zero-order valence-electron chi connectivity index (χ0n) is 8.43. The Hall–Kier alpha value is -0.900. The van der Waals surface area contributed by atoms with Crippen LogP contribution in [0, 0.1) is 5.92 Å². The molecule has 0 radical (unpaired) electrons. The smallest absolute Gasteiger partial charge is 0.273 e. The van der Waals surface area contributed by atoms with E-state index in [0.717, 1.165) is 0 Å². The van der Waals surface area contributed by atoms with Crippen molar-refractivity contribution in [2.75, 3.05) is 7.05 Å². The summed E-state index contributed by atoms with van der Waals surface area (Å²) >= 11 is 1.46. The van der Waals surface area contributed by atoms with Crippen molar-refractivity contribution in [1.82, 2.24) is 9.88 Å². The SMILES string of the molecule is CC(C1CC1)N(C)C(=O)c1cscn1. The van der Waals surface area contributed by atoms with Crippen molar-refractivity contribution < 1.29 is 4.79 Å². The predicted molar refractivity (Wildman–Crippen MR) is 56.4 cm³/mol. The minimum atomic E-state index is 0.0469. The molecule has 1 heterocycles. The van der Waals surface area contributed by atoms with Gasteiger partial charge in [-0.25, -0.2) is 4.98 Å². The van der Waals surface area contributed by atoms with Crippen LogP contribution in [0.4, 0.5) is 0 Å². The fourth-order valence-electron chi connectivity index (χ4n) is 1.58. The average Bonchev–Trinajstić information content (AvgIpc) is 2.90. The van der Waals surface area contributed by atoms with Crippen molar-refractivity contribution in [3.8, 4) is 0 Å². The second-order valence-electron chi connectivity index (χ2n) is 3.87.